The zero-order valence-corrected chi connectivity index (χ0v) is 19.3. The molecule has 1 atom stereocenters. The normalized spacial score (nSPS) is 17.4. The molecule has 1 saturated heterocycles. The Morgan fingerprint density at radius 3 is 2.25 bits per heavy atom. The predicted molar refractivity (Wildman–Crippen MR) is 116 cm³/mol. The number of H-pyrrole nitrogens is 1. The van der Waals surface area contributed by atoms with Crippen molar-refractivity contribution >= 4 is 5.95 Å². The summed E-state index contributed by atoms with van der Waals surface area (Å²) in [6.07, 6.45) is -6.01. The summed E-state index contributed by atoms with van der Waals surface area (Å²) < 4.78 is 82.9. The van der Waals surface area contributed by atoms with E-state index in [0.29, 0.717) is 38.7 Å². The van der Waals surface area contributed by atoms with Crippen LogP contribution in [-0.4, -0.2) is 57.9 Å². The molecule has 1 N–H and O–H groups in total. The standard InChI is InChI=1S/C22H24F6N6O2/c1-13(17-10-16(22(26,27)28)19(35)32-31-17)36-9-4-18(14-2-3-14)33-5-7-34(8-6-33)20-29-11-15(12-30-20)21(23,24)25/h10-13H,2-9H2,1H3,(H,32,35). The molecule has 8 nitrogen and oxygen atoms in total. The highest BCUT2D eigenvalue weighted by Gasteiger charge is 2.35. The third kappa shape index (κ3) is 6.15. The first-order valence-electron chi connectivity index (χ1n) is 11.3. The molecular formula is C22H24F6N6O2. The number of aromatic amines is 1. The number of hydrogen-bond acceptors (Lipinski definition) is 7. The molecule has 1 aliphatic heterocycles. The highest BCUT2D eigenvalue weighted by molar-refractivity contribution is 5.33. The molecule has 4 rings (SSSR count). The van der Waals surface area contributed by atoms with Gasteiger partial charge in [0.05, 0.1) is 24.0 Å². The van der Waals surface area contributed by atoms with Crippen LogP contribution in [0.3, 0.4) is 0 Å². The van der Waals surface area contributed by atoms with Crippen LogP contribution in [0, 0.1) is 0 Å². The Morgan fingerprint density at radius 2 is 1.69 bits per heavy atom. The monoisotopic (exact) mass is 518 g/mol. The predicted octanol–water partition coefficient (Wildman–Crippen LogP) is 3.94. The van der Waals surface area contributed by atoms with Crippen LogP contribution < -0.4 is 10.5 Å². The third-order valence-corrected chi connectivity index (χ3v) is 6.07. The van der Waals surface area contributed by atoms with E-state index < -0.39 is 35.1 Å². The first kappa shape index (κ1) is 25.9. The van der Waals surface area contributed by atoms with Gasteiger partial charge in [0.15, 0.2) is 0 Å². The fourth-order valence-corrected chi connectivity index (χ4v) is 3.97. The van der Waals surface area contributed by atoms with Gasteiger partial charge in [0.1, 0.15) is 5.56 Å². The molecule has 2 aliphatic rings. The van der Waals surface area contributed by atoms with Crippen molar-refractivity contribution in [1.29, 1.82) is 0 Å². The van der Waals surface area contributed by atoms with Gasteiger partial charge in [0.25, 0.3) is 5.56 Å². The topological polar surface area (TPSA) is 87.2 Å². The Hall–Kier alpha value is -3.16. The zero-order valence-electron chi connectivity index (χ0n) is 19.3. The van der Waals surface area contributed by atoms with Crippen molar-refractivity contribution in [3.8, 4) is 0 Å². The molecule has 2 aromatic rings. The lowest BCUT2D eigenvalue weighted by atomic mass is 10.2. The number of halogens is 6. The molecule has 0 bridgehead atoms. The highest BCUT2D eigenvalue weighted by Crippen LogP contribution is 2.36. The smallest absolute Gasteiger partial charge is 0.372 e. The first-order valence-corrected chi connectivity index (χ1v) is 11.3. The molecule has 1 unspecified atom stereocenters. The molecule has 36 heavy (non-hydrogen) atoms. The Labute approximate surface area is 202 Å². The summed E-state index contributed by atoms with van der Waals surface area (Å²) >= 11 is 0. The number of anilines is 1. The summed E-state index contributed by atoms with van der Waals surface area (Å²) in [4.78, 5) is 23.2. The van der Waals surface area contributed by atoms with Crippen LogP contribution in [0.25, 0.3) is 0 Å². The number of rotatable bonds is 7. The Kier molecular flexibility index (Phi) is 7.25. The minimum atomic E-state index is -4.79. The van der Waals surface area contributed by atoms with Crippen molar-refractivity contribution in [2.45, 2.75) is 44.6 Å². The molecule has 0 radical (unpaired) electrons. The number of nitrogens with zero attached hydrogens (tertiary/aromatic N) is 5. The Bertz CT molecular complexity index is 1150. The molecule has 0 spiro atoms. The summed E-state index contributed by atoms with van der Waals surface area (Å²) in [6.45, 7) is 4.10. The maximum atomic E-state index is 13.0. The second kappa shape index (κ2) is 10.1. The largest absolute Gasteiger partial charge is 0.421 e. The number of ether oxygens (including phenoxy) is 1. The molecule has 1 aliphatic carbocycles. The van der Waals surface area contributed by atoms with E-state index in [1.54, 1.807) is 6.92 Å². The molecule has 14 heteroatoms. The van der Waals surface area contributed by atoms with Crippen molar-refractivity contribution in [2.75, 3.05) is 37.7 Å². The van der Waals surface area contributed by atoms with E-state index in [2.05, 4.69) is 20.0 Å². The summed E-state index contributed by atoms with van der Waals surface area (Å²) in [5.74, 6) is 0.243. The van der Waals surface area contributed by atoms with Crippen LogP contribution in [-0.2, 0) is 17.1 Å². The van der Waals surface area contributed by atoms with Crippen molar-refractivity contribution in [3.05, 3.63) is 56.9 Å². The van der Waals surface area contributed by atoms with Crippen molar-refractivity contribution < 1.29 is 31.1 Å². The molecule has 1 saturated carbocycles. The van der Waals surface area contributed by atoms with Gasteiger partial charge in [-0.1, -0.05) is 5.57 Å². The summed E-state index contributed by atoms with van der Waals surface area (Å²) in [6, 6.07) is 0.701. The van der Waals surface area contributed by atoms with E-state index in [9.17, 15) is 31.1 Å². The van der Waals surface area contributed by atoms with E-state index in [1.807, 2.05) is 10.00 Å². The van der Waals surface area contributed by atoms with Gasteiger partial charge < -0.3 is 14.5 Å². The van der Waals surface area contributed by atoms with Gasteiger partial charge in [-0.3, -0.25) is 4.79 Å². The van der Waals surface area contributed by atoms with Gasteiger partial charge >= 0.3 is 12.4 Å². The van der Waals surface area contributed by atoms with Crippen LogP contribution in [0.2, 0.25) is 0 Å². The van der Waals surface area contributed by atoms with Crippen LogP contribution in [0.15, 0.2) is 34.5 Å². The summed E-state index contributed by atoms with van der Waals surface area (Å²) in [5, 5.41) is 5.55. The minimum Gasteiger partial charge on any atom is -0.372 e. The molecule has 196 valence electrons. The Morgan fingerprint density at radius 1 is 1.06 bits per heavy atom. The lowest BCUT2D eigenvalue weighted by Crippen LogP contribution is -2.46. The average molecular weight is 518 g/mol. The van der Waals surface area contributed by atoms with Gasteiger partial charge in [-0.25, -0.2) is 15.1 Å². The SMILES string of the molecule is CC(OCCC(=C1CC1)N1CCN(c2ncc(C(F)(F)F)cn2)CC1)c1cc(C(F)(F)F)c(=O)[nH]n1. The van der Waals surface area contributed by atoms with Crippen LogP contribution >= 0.6 is 0 Å². The molecule has 2 fully saturated rings. The maximum Gasteiger partial charge on any atom is 0.421 e. The second-order valence-electron chi connectivity index (χ2n) is 8.59. The number of aromatic nitrogens is 4. The molecule has 2 aromatic heterocycles. The number of allylic oxidation sites excluding steroid dienone is 1. The van der Waals surface area contributed by atoms with Gasteiger partial charge in [-0.2, -0.15) is 31.4 Å². The number of piperazine rings is 1. The maximum absolute atomic E-state index is 13.0. The highest BCUT2D eigenvalue weighted by atomic mass is 19.4. The van der Waals surface area contributed by atoms with Gasteiger partial charge in [0.2, 0.25) is 5.95 Å². The van der Waals surface area contributed by atoms with Gasteiger partial charge in [-0.15, -0.1) is 0 Å². The lowest BCUT2D eigenvalue weighted by molar-refractivity contribution is -0.139. The summed E-state index contributed by atoms with van der Waals surface area (Å²) in [7, 11) is 0. The fourth-order valence-electron chi connectivity index (χ4n) is 3.97. The van der Waals surface area contributed by atoms with E-state index in [-0.39, 0.29) is 18.2 Å². The van der Waals surface area contributed by atoms with Crippen LogP contribution in [0.5, 0.6) is 0 Å². The third-order valence-electron chi connectivity index (χ3n) is 6.07. The average Bonchev–Trinajstić information content (AvgIpc) is 3.66. The van der Waals surface area contributed by atoms with E-state index in [1.165, 1.54) is 5.57 Å². The first-order chi connectivity index (χ1) is 16.9. The van der Waals surface area contributed by atoms with Gasteiger partial charge in [-0.05, 0) is 25.8 Å². The van der Waals surface area contributed by atoms with E-state index in [4.69, 9.17) is 4.74 Å². The molecule has 3 heterocycles. The molecular weight excluding hydrogens is 494 g/mol. The van der Waals surface area contributed by atoms with Crippen LogP contribution in [0.1, 0.15) is 49.1 Å². The van der Waals surface area contributed by atoms with Crippen molar-refractivity contribution in [3.63, 3.8) is 0 Å². The van der Waals surface area contributed by atoms with Gasteiger partial charge in [0, 0.05) is 50.7 Å². The van der Waals surface area contributed by atoms with Crippen molar-refractivity contribution in [1.82, 2.24) is 25.1 Å². The summed E-state index contributed by atoms with van der Waals surface area (Å²) in [5.41, 5.74) is -1.15. The lowest BCUT2D eigenvalue weighted by Gasteiger charge is -2.37. The second-order valence-corrected chi connectivity index (χ2v) is 8.59. The van der Waals surface area contributed by atoms with E-state index >= 15 is 0 Å². The number of hydrogen-bond donors (Lipinski definition) is 1. The van der Waals surface area contributed by atoms with Crippen LogP contribution in [0.4, 0.5) is 32.3 Å². The fraction of sp³-hybridized carbons (Fsp3) is 0.545. The number of nitrogens with one attached hydrogen (secondary N) is 1. The zero-order chi connectivity index (χ0) is 26.1. The molecule has 0 amide bonds. The quantitative estimate of drug-likeness (QED) is 0.556. The Balaban J connectivity index is 1.31. The minimum absolute atomic E-state index is 0.0206. The van der Waals surface area contributed by atoms with E-state index in [0.717, 1.165) is 30.9 Å². The molecule has 0 aromatic carbocycles. The van der Waals surface area contributed by atoms with Crippen molar-refractivity contribution in [2.24, 2.45) is 0 Å². The number of alkyl halides is 6.